The van der Waals surface area contributed by atoms with E-state index in [0.29, 0.717) is 6.54 Å². The minimum atomic E-state index is -1.05. The molecule has 2 saturated heterocycles. The Bertz CT molecular complexity index is 930. The fraction of sp³-hybridized carbons (Fsp3) is 0.450. The SMILES string of the molecule is Cl.O=C1CCC(N2C(=O)c3cccc(OCC(=O)N[C@H]4CCCNC4)c3C2=O)C(=O)N1. The maximum Gasteiger partial charge on any atom is 0.266 e. The number of piperidine rings is 2. The number of imide groups is 2. The van der Waals surface area contributed by atoms with E-state index in [4.69, 9.17) is 4.74 Å². The van der Waals surface area contributed by atoms with Crippen LogP contribution in [-0.4, -0.2) is 66.2 Å². The zero-order valence-corrected chi connectivity index (χ0v) is 17.5. The van der Waals surface area contributed by atoms with Crippen molar-refractivity contribution in [2.24, 2.45) is 0 Å². The van der Waals surface area contributed by atoms with E-state index in [1.807, 2.05) is 0 Å². The predicted octanol–water partition coefficient (Wildman–Crippen LogP) is -0.243. The number of hydrogen-bond acceptors (Lipinski definition) is 7. The van der Waals surface area contributed by atoms with Crippen LogP contribution in [0.2, 0.25) is 0 Å². The van der Waals surface area contributed by atoms with Crippen molar-refractivity contribution in [2.45, 2.75) is 37.8 Å². The van der Waals surface area contributed by atoms with Crippen LogP contribution in [0.15, 0.2) is 18.2 Å². The highest BCUT2D eigenvalue weighted by molar-refractivity contribution is 6.24. The van der Waals surface area contributed by atoms with Gasteiger partial charge in [-0.1, -0.05) is 6.07 Å². The van der Waals surface area contributed by atoms with Gasteiger partial charge in [0, 0.05) is 19.0 Å². The number of halogens is 1. The molecule has 1 aromatic carbocycles. The first-order chi connectivity index (χ1) is 14.5. The highest BCUT2D eigenvalue weighted by Gasteiger charge is 2.46. The maximum atomic E-state index is 13.0. The standard InChI is InChI=1S/C20H22N4O6.ClH/c25-15-7-6-13(18(27)23-15)24-19(28)12-4-1-5-14(17(12)20(24)29)30-10-16(26)22-11-3-2-8-21-9-11;/h1,4-5,11,13,21H,2-3,6-10H2,(H,22,26)(H,23,25,27);1H/t11-,13?;/m0./s1. The first-order valence-electron chi connectivity index (χ1n) is 9.93. The lowest BCUT2D eigenvalue weighted by Gasteiger charge is -2.27. The Balaban J connectivity index is 0.00000272. The number of ether oxygens (including phenoxy) is 1. The van der Waals surface area contributed by atoms with Crippen molar-refractivity contribution >= 4 is 41.9 Å². The summed E-state index contributed by atoms with van der Waals surface area (Å²) in [7, 11) is 0. The van der Waals surface area contributed by atoms with E-state index in [2.05, 4.69) is 16.0 Å². The van der Waals surface area contributed by atoms with Gasteiger partial charge in [-0.05, 0) is 37.9 Å². The molecule has 166 valence electrons. The fourth-order valence-electron chi connectivity index (χ4n) is 3.99. The van der Waals surface area contributed by atoms with Gasteiger partial charge in [0.1, 0.15) is 11.8 Å². The number of benzene rings is 1. The Kier molecular flexibility index (Phi) is 6.91. The van der Waals surface area contributed by atoms with Crippen LogP contribution in [0.5, 0.6) is 5.75 Å². The normalized spacial score (nSPS) is 23.0. The Morgan fingerprint density at radius 3 is 2.68 bits per heavy atom. The number of nitrogens with one attached hydrogen (secondary N) is 3. The van der Waals surface area contributed by atoms with Crippen LogP contribution in [-0.2, 0) is 14.4 Å². The Hall–Kier alpha value is -2.98. The van der Waals surface area contributed by atoms with Gasteiger partial charge in [0.25, 0.3) is 17.7 Å². The molecule has 3 N–H and O–H groups in total. The number of amides is 5. The number of carbonyl (C=O) groups excluding carboxylic acids is 5. The summed E-state index contributed by atoms with van der Waals surface area (Å²) in [5.74, 6) is -2.61. The van der Waals surface area contributed by atoms with Crippen LogP contribution in [0, 0.1) is 0 Å². The molecule has 5 amide bonds. The van der Waals surface area contributed by atoms with E-state index >= 15 is 0 Å². The average molecular weight is 451 g/mol. The molecule has 1 aromatic rings. The first kappa shape index (κ1) is 22.7. The van der Waals surface area contributed by atoms with E-state index in [0.717, 1.165) is 24.3 Å². The van der Waals surface area contributed by atoms with Gasteiger partial charge in [-0.15, -0.1) is 12.4 Å². The monoisotopic (exact) mass is 450 g/mol. The fourth-order valence-corrected chi connectivity index (χ4v) is 3.99. The molecule has 0 aromatic heterocycles. The van der Waals surface area contributed by atoms with Crippen LogP contribution in [0.3, 0.4) is 0 Å². The molecule has 31 heavy (non-hydrogen) atoms. The second kappa shape index (κ2) is 9.44. The second-order valence-corrected chi connectivity index (χ2v) is 7.53. The lowest BCUT2D eigenvalue weighted by molar-refractivity contribution is -0.136. The third-order valence-electron chi connectivity index (χ3n) is 5.45. The van der Waals surface area contributed by atoms with Gasteiger partial charge in [0.15, 0.2) is 6.61 Å². The molecule has 3 aliphatic heterocycles. The van der Waals surface area contributed by atoms with Gasteiger partial charge < -0.3 is 15.4 Å². The molecule has 4 rings (SSSR count). The second-order valence-electron chi connectivity index (χ2n) is 7.53. The van der Waals surface area contributed by atoms with E-state index in [9.17, 15) is 24.0 Å². The van der Waals surface area contributed by atoms with Gasteiger partial charge in [-0.3, -0.25) is 34.2 Å². The van der Waals surface area contributed by atoms with Crippen molar-refractivity contribution in [3.05, 3.63) is 29.3 Å². The average Bonchev–Trinajstić information content (AvgIpc) is 2.98. The van der Waals surface area contributed by atoms with Gasteiger partial charge in [-0.25, -0.2) is 0 Å². The summed E-state index contributed by atoms with van der Waals surface area (Å²) in [5, 5.41) is 8.23. The summed E-state index contributed by atoms with van der Waals surface area (Å²) in [6.07, 6.45) is 1.98. The van der Waals surface area contributed by atoms with Gasteiger partial charge in [-0.2, -0.15) is 0 Å². The largest absolute Gasteiger partial charge is 0.483 e. The van der Waals surface area contributed by atoms with Crippen molar-refractivity contribution in [1.29, 1.82) is 0 Å². The lowest BCUT2D eigenvalue weighted by Crippen LogP contribution is -2.54. The molecule has 0 spiro atoms. The van der Waals surface area contributed by atoms with Crippen molar-refractivity contribution in [2.75, 3.05) is 19.7 Å². The zero-order chi connectivity index (χ0) is 21.3. The Labute approximate surface area is 184 Å². The Morgan fingerprint density at radius 2 is 1.97 bits per heavy atom. The number of hydrogen-bond donors (Lipinski definition) is 3. The van der Waals surface area contributed by atoms with Crippen LogP contribution in [0.25, 0.3) is 0 Å². The van der Waals surface area contributed by atoms with Crippen LogP contribution in [0.1, 0.15) is 46.4 Å². The summed E-state index contributed by atoms with van der Waals surface area (Å²) >= 11 is 0. The van der Waals surface area contributed by atoms with Gasteiger partial charge >= 0.3 is 0 Å². The minimum Gasteiger partial charge on any atom is -0.483 e. The third-order valence-corrected chi connectivity index (χ3v) is 5.45. The lowest BCUT2D eigenvalue weighted by atomic mass is 10.0. The summed E-state index contributed by atoms with van der Waals surface area (Å²) in [5.41, 5.74) is 0.137. The first-order valence-corrected chi connectivity index (χ1v) is 9.93. The smallest absolute Gasteiger partial charge is 0.266 e. The third kappa shape index (κ3) is 4.54. The highest BCUT2D eigenvalue weighted by Crippen LogP contribution is 2.33. The molecule has 10 nitrogen and oxygen atoms in total. The minimum absolute atomic E-state index is 0. The van der Waals surface area contributed by atoms with Gasteiger partial charge in [0.05, 0.1) is 11.1 Å². The maximum absolute atomic E-state index is 13.0. The number of nitrogens with zero attached hydrogens (tertiary/aromatic N) is 1. The molecule has 11 heteroatoms. The van der Waals surface area contributed by atoms with E-state index in [-0.39, 0.29) is 60.7 Å². The van der Waals surface area contributed by atoms with Crippen molar-refractivity contribution in [1.82, 2.24) is 20.9 Å². The topological polar surface area (TPSA) is 134 Å². The van der Waals surface area contributed by atoms with Crippen LogP contribution >= 0.6 is 12.4 Å². The molecule has 2 fully saturated rings. The summed E-state index contributed by atoms with van der Waals surface area (Å²) in [6, 6.07) is 3.51. The summed E-state index contributed by atoms with van der Waals surface area (Å²) < 4.78 is 5.56. The van der Waals surface area contributed by atoms with Crippen molar-refractivity contribution < 1.29 is 28.7 Å². The predicted molar refractivity (Wildman–Crippen MR) is 110 cm³/mol. The summed E-state index contributed by atoms with van der Waals surface area (Å²) in [6.45, 7) is 1.33. The number of carbonyl (C=O) groups is 5. The van der Waals surface area contributed by atoms with Crippen molar-refractivity contribution in [3.63, 3.8) is 0 Å². The summed E-state index contributed by atoms with van der Waals surface area (Å²) in [4.78, 5) is 62.4. The molecule has 1 unspecified atom stereocenters. The molecule has 2 atom stereocenters. The van der Waals surface area contributed by atoms with E-state index in [1.54, 1.807) is 6.07 Å². The number of fused-ring (bicyclic) bond motifs is 1. The van der Waals surface area contributed by atoms with Crippen molar-refractivity contribution in [3.8, 4) is 5.75 Å². The molecule has 0 radical (unpaired) electrons. The van der Waals surface area contributed by atoms with Gasteiger partial charge in [0.2, 0.25) is 11.8 Å². The van der Waals surface area contributed by atoms with Crippen LogP contribution < -0.4 is 20.7 Å². The van der Waals surface area contributed by atoms with E-state index in [1.165, 1.54) is 12.1 Å². The quantitative estimate of drug-likeness (QED) is 0.527. The molecular formula is C20H23ClN4O6. The molecule has 0 bridgehead atoms. The highest BCUT2D eigenvalue weighted by atomic mass is 35.5. The number of rotatable bonds is 5. The zero-order valence-electron chi connectivity index (χ0n) is 16.6. The molecule has 3 aliphatic rings. The molecule has 0 aliphatic carbocycles. The molecule has 0 saturated carbocycles. The molecular weight excluding hydrogens is 428 g/mol. The van der Waals surface area contributed by atoms with E-state index < -0.39 is 29.7 Å². The van der Waals surface area contributed by atoms with Crippen LogP contribution in [0.4, 0.5) is 0 Å². The molecule has 3 heterocycles. The Morgan fingerprint density at radius 1 is 1.16 bits per heavy atom.